The Balaban J connectivity index is 2.10. The Hall–Kier alpha value is -2.56. The molecule has 0 atom stereocenters. The van der Waals surface area contributed by atoms with Crippen LogP contribution in [0.2, 0.25) is 0 Å². The molecule has 0 aliphatic heterocycles. The second kappa shape index (κ2) is 6.93. The van der Waals surface area contributed by atoms with Crippen molar-refractivity contribution < 1.29 is 18.7 Å². The van der Waals surface area contributed by atoms with E-state index < -0.39 is 0 Å². The van der Waals surface area contributed by atoms with Crippen LogP contribution < -0.4 is 5.32 Å². The normalized spacial score (nSPS) is 10.3. The Morgan fingerprint density at radius 3 is 2.68 bits per heavy atom. The monoisotopic (exact) mass is 301 g/mol. The van der Waals surface area contributed by atoms with Gasteiger partial charge in [0.1, 0.15) is 5.76 Å². The minimum Gasteiger partial charge on any atom is -0.469 e. The molecule has 1 heterocycles. The number of carbonyl (C=O) groups is 2. The molecule has 0 unspecified atom stereocenters. The number of hydrogen-bond donors (Lipinski definition) is 1. The van der Waals surface area contributed by atoms with Gasteiger partial charge in [-0.2, -0.15) is 0 Å². The van der Waals surface area contributed by atoms with Crippen molar-refractivity contribution in [1.29, 1.82) is 0 Å². The van der Waals surface area contributed by atoms with Crippen LogP contribution >= 0.6 is 0 Å². The lowest BCUT2D eigenvalue weighted by Crippen LogP contribution is -2.14. The van der Waals surface area contributed by atoms with Crippen LogP contribution in [-0.2, 0) is 16.0 Å². The number of aryl methyl sites for hydroxylation is 2. The van der Waals surface area contributed by atoms with E-state index in [2.05, 4.69) is 5.32 Å². The Bertz CT molecular complexity index is 668. The number of furan rings is 1. The maximum absolute atomic E-state index is 12.3. The average Bonchev–Trinajstić information content (AvgIpc) is 2.78. The molecule has 1 aromatic carbocycles. The molecule has 2 rings (SSSR count). The lowest BCUT2D eigenvalue weighted by molar-refractivity contribution is -0.142. The molecule has 116 valence electrons. The van der Waals surface area contributed by atoms with Crippen molar-refractivity contribution in [3.63, 3.8) is 0 Å². The molecule has 0 saturated heterocycles. The fourth-order valence-electron chi connectivity index (χ4n) is 2.24. The van der Waals surface area contributed by atoms with Crippen LogP contribution in [0.15, 0.2) is 34.9 Å². The number of amides is 1. The molecule has 0 bridgehead atoms. The third kappa shape index (κ3) is 3.75. The van der Waals surface area contributed by atoms with Gasteiger partial charge >= 0.3 is 5.97 Å². The van der Waals surface area contributed by atoms with Gasteiger partial charge in [0, 0.05) is 11.3 Å². The molecule has 1 aromatic heterocycles. The van der Waals surface area contributed by atoms with Gasteiger partial charge in [-0.05, 0) is 38.5 Å². The Morgan fingerprint density at radius 2 is 2.05 bits per heavy atom. The molecular formula is C17H19NO4. The van der Waals surface area contributed by atoms with Crippen LogP contribution in [0.3, 0.4) is 0 Å². The fraction of sp³-hybridized carbons (Fsp3) is 0.294. The summed E-state index contributed by atoms with van der Waals surface area (Å²) in [4.78, 5) is 23.8. The highest BCUT2D eigenvalue weighted by Gasteiger charge is 2.16. The molecule has 1 N–H and O–H groups in total. The molecule has 5 nitrogen and oxygen atoms in total. The largest absolute Gasteiger partial charge is 0.469 e. The second-order valence-corrected chi connectivity index (χ2v) is 4.99. The molecule has 5 heteroatoms. The molecule has 2 aromatic rings. The van der Waals surface area contributed by atoms with Crippen LogP contribution in [0.4, 0.5) is 5.69 Å². The molecule has 0 fully saturated rings. The lowest BCUT2D eigenvalue weighted by atomic mass is 10.1. The van der Waals surface area contributed by atoms with Gasteiger partial charge in [-0.25, -0.2) is 0 Å². The Kier molecular flexibility index (Phi) is 4.99. The number of rotatable bonds is 5. The van der Waals surface area contributed by atoms with Crippen molar-refractivity contribution in [3.05, 3.63) is 53.0 Å². The van der Waals surface area contributed by atoms with Crippen molar-refractivity contribution in [2.75, 3.05) is 11.9 Å². The number of esters is 1. The van der Waals surface area contributed by atoms with Gasteiger partial charge in [-0.1, -0.05) is 12.1 Å². The second-order valence-electron chi connectivity index (χ2n) is 4.99. The van der Waals surface area contributed by atoms with E-state index in [-0.39, 0.29) is 18.3 Å². The fourth-order valence-corrected chi connectivity index (χ4v) is 2.24. The van der Waals surface area contributed by atoms with E-state index in [1.54, 1.807) is 38.3 Å². The molecule has 0 aliphatic rings. The predicted octanol–water partition coefficient (Wildman–Crippen LogP) is 3.25. The number of nitrogens with one attached hydrogen (secondary N) is 1. The van der Waals surface area contributed by atoms with Gasteiger partial charge in [0.15, 0.2) is 0 Å². The first-order chi connectivity index (χ1) is 10.5. The van der Waals surface area contributed by atoms with Crippen LogP contribution in [0.5, 0.6) is 0 Å². The van der Waals surface area contributed by atoms with Crippen molar-refractivity contribution in [1.82, 2.24) is 0 Å². The summed E-state index contributed by atoms with van der Waals surface area (Å²) in [6.07, 6.45) is 1.74. The minimum absolute atomic E-state index is 0.182. The zero-order chi connectivity index (χ0) is 16.1. The van der Waals surface area contributed by atoms with E-state index in [0.717, 1.165) is 11.1 Å². The first-order valence-electron chi connectivity index (χ1n) is 7.12. The van der Waals surface area contributed by atoms with E-state index in [1.807, 2.05) is 13.0 Å². The van der Waals surface area contributed by atoms with E-state index in [4.69, 9.17) is 9.15 Å². The lowest BCUT2D eigenvalue weighted by Gasteiger charge is -2.08. The first-order valence-corrected chi connectivity index (χ1v) is 7.12. The number of anilines is 1. The molecule has 1 amide bonds. The summed E-state index contributed by atoms with van der Waals surface area (Å²) in [5.74, 6) is 0.0715. The highest BCUT2D eigenvalue weighted by Crippen LogP contribution is 2.18. The van der Waals surface area contributed by atoms with Crippen molar-refractivity contribution in [3.8, 4) is 0 Å². The van der Waals surface area contributed by atoms with Gasteiger partial charge in [-0.15, -0.1) is 0 Å². The molecule has 0 aliphatic carbocycles. The van der Waals surface area contributed by atoms with E-state index in [9.17, 15) is 9.59 Å². The average molecular weight is 301 g/mol. The summed E-state index contributed by atoms with van der Waals surface area (Å²) in [6.45, 7) is 5.69. The summed E-state index contributed by atoms with van der Waals surface area (Å²) >= 11 is 0. The summed E-state index contributed by atoms with van der Waals surface area (Å²) < 4.78 is 10.2. The maximum atomic E-state index is 12.3. The quantitative estimate of drug-likeness (QED) is 0.861. The number of ether oxygens (including phenoxy) is 1. The minimum atomic E-state index is -0.285. The van der Waals surface area contributed by atoms with Crippen LogP contribution in [-0.4, -0.2) is 18.5 Å². The summed E-state index contributed by atoms with van der Waals surface area (Å²) in [5.41, 5.74) is 2.75. The summed E-state index contributed by atoms with van der Waals surface area (Å²) in [5, 5.41) is 2.82. The van der Waals surface area contributed by atoms with E-state index in [1.165, 1.54) is 0 Å². The Labute approximate surface area is 129 Å². The topological polar surface area (TPSA) is 68.5 Å². The van der Waals surface area contributed by atoms with Gasteiger partial charge in [0.05, 0.1) is 24.9 Å². The van der Waals surface area contributed by atoms with E-state index in [0.29, 0.717) is 23.6 Å². The highest BCUT2D eigenvalue weighted by molar-refractivity contribution is 6.06. The van der Waals surface area contributed by atoms with Crippen LogP contribution in [0.25, 0.3) is 0 Å². The van der Waals surface area contributed by atoms with Crippen molar-refractivity contribution >= 4 is 17.6 Å². The van der Waals surface area contributed by atoms with Gasteiger partial charge in [0.25, 0.3) is 5.91 Å². The van der Waals surface area contributed by atoms with Crippen molar-refractivity contribution in [2.24, 2.45) is 0 Å². The highest BCUT2D eigenvalue weighted by atomic mass is 16.5. The predicted molar refractivity (Wildman–Crippen MR) is 82.9 cm³/mol. The molecular weight excluding hydrogens is 282 g/mol. The molecule has 0 spiro atoms. The van der Waals surface area contributed by atoms with Gasteiger partial charge < -0.3 is 14.5 Å². The van der Waals surface area contributed by atoms with Crippen LogP contribution in [0.1, 0.15) is 34.2 Å². The third-order valence-corrected chi connectivity index (χ3v) is 3.22. The zero-order valence-corrected chi connectivity index (χ0v) is 12.9. The molecule has 0 radical (unpaired) electrons. The van der Waals surface area contributed by atoms with Crippen LogP contribution in [0, 0.1) is 13.8 Å². The SMILES string of the molecule is CCOC(=O)Cc1cccc(NC(=O)c2c(C)coc2C)c1. The standard InChI is InChI=1S/C17H19NO4/c1-4-21-15(19)9-13-6-5-7-14(8-13)18-17(20)16-11(2)10-22-12(16)3/h5-8,10H,4,9H2,1-3H3,(H,18,20). The zero-order valence-electron chi connectivity index (χ0n) is 12.9. The smallest absolute Gasteiger partial charge is 0.310 e. The molecule has 0 saturated carbocycles. The first kappa shape index (κ1) is 15.8. The van der Waals surface area contributed by atoms with Gasteiger partial charge in [-0.3, -0.25) is 9.59 Å². The van der Waals surface area contributed by atoms with E-state index >= 15 is 0 Å². The number of hydrogen-bond acceptors (Lipinski definition) is 4. The number of benzene rings is 1. The maximum Gasteiger partial charge on any atom is 0.310 e. The number of carbonyl (C=O) groups excluding carboxylic acids is 2. The van der Waals surface area contributed by atoms with Crippen molar-refractivity contribution in [2.45, 2.75) is 27.2 Å². The summed E-state index contributed by atoms with van der Waals surface area (Å²) in [7, 11) is 0. The third-order valence-electron chi connectivity index (χ3n) is 3.22. The van der Waals surface area contributed by atoms with Gasteiger partial charge in [0.2, 0.25) is 0 Å². The molecule has 22 heavy (non-hydrogen) atoms. The summed E-state index contributed by atoms with van der Waals surface area (Å²) in [6, 6.07) is 7.15. The Morgan fingerprint density at radius 1 is 1.27 bits per heavy atom.